The largest absolute Gasteiger partial charge is 0.462 e. The van der Waals surface area contributed by atoms with Crippen LogP contribution < -0.4 is 0 Å². The van der Waals surface area contributed by atoms with Crippen LogP contribution >= 0.6 is 0 Å². The fraction of sp³-hybridized carbons (Fsp3) is 0.736. The molecule has 0 bridgehead atoms. The van der Waals surface area contributed by atoms with Crippen molar-refractivity contribution in [3.63, 3.8) is 0 Å². The zero-order valence-electron chi connectivity index (χ0n) is 51.4. The van der Waals surface area contributed by atoms with Crippen LogP contribution in [-0.2, 0) is 28.6 Å². The number of hydrogen-bond acceptors (Lipinski definition) is 6. The lowest BCUT2D eigenvalue weighted by molar-refractivity contribution is -0.167. The molecule has 448 valence electrons. The molecule has 78 heavy (non-hydrogen) atoms. The van der Waals surface area contributed by atoms with Crippen LogP contribution in [0.3, 0.4) is 0 Å². The van der Waals surface area contributed by atoms with Gasteiger partial charge in [-0.3, -0.25) is 14.4 Å². The third-order valence-electron chi connectivity index (χ3n) is 14.3. The fourth-order valence-corrected chi connectivity index (χ4v) is 9.37. The molecule has 0 radical (unpaired) electrons. The van der Waals surface area contributed by atoms with Crippen molar-refractivity contribution in [2.45, 2.75) is 329 Å². The van der Waals surface area contributed by atoms with Crippen molar-refractivity contribution < 1.29 is 28.6 Å². The molecule has 0 saturated heterocycles. The molecule has 0 saturated carbocycles. The van der Waals surface area contributed by atoms with Crippen molar-refractivity contribution in [1.82, 2.24) is 0 Å². The maximum atomic E-state index is 12.8. The van der Waals surface area contributed by atoms with Gasteiger partial charge < -0.3 is 14.2 Å². The van der Waals surface area contributed by atoms with Crippen LogP contribution in [0.5, 0.6) is 0 Å². The summed E-state index contributed by atoms with van der Waals surface area (Å²) in [5.41, 5.74) is 0. The van der Waals surface area contributed by atoms with Crippen LogP contribution in [0.4, 0.5) is 0 Å². The van der Waals surface area contributed by atoms with Crippen molar-refractivity contribution in [3.05, 3.63) is 97.2 Å². The van der Waals surface area contributed by atoms with Crippen molar-refractivity contribution in [2.75, 3.05) is 13.2 Å². The third kappa shape index (κ3) is 63.2. The predicted octanol–water partition coefficient (Wildman–Crippen LogP) is 22.8. The smallest absolute Gasteiger partial charge is 0.306 e. The Labute approximate surface area is 483 Å². The van der Waals surface area contributed by atoms with Crippen LogP contribution in [0.1, 0.15) is 323 Å². The van der Waals surface area contributed by atoms with Crippen molar-refractivity contribution >= 4 is 17.9 Å². The average molecular weight is 1090 g/mol. The Hall–Kier alpha value is -3.67. The summed E-state index contributed by atoms with van der Waals surface area (Å²) in [6, 6.07) is 0. The summed E-state index contributed by atoms with van der Waals surface area (Å²) < 4.78 is 16.8. The maximum Gasteiger partial charge on any atom is 0.306 e. The predicted molar refractivity (Wildman–Crippen MR) is 339 cm³/mol. The molecule has 0 aromatic heterocycles. The summed E-state index contributed by atoms with van der Waals surface area (Å²) in [6.07, 6.45) is 89.1. The Morgan fingerprint density at radius 2 is 0.513 bits per heavy atom. The van der Waals surface area contributed by atoms with Gasteiger partial charge in [0.05, 0.1) is 0 Å². The van der Waals surface area contributed by atoms with Gasteiger partial charge >= 0.3 is 17.9 Å². The van der Waals surface area contributed by atoms with Crippen LogP contribution in [0.25, 0.3) is 0 Å². The van der Waals surface area contributed by atoms with Gasteiger partial charge in [0, 0.05) is 19.3 Å². The fourth-order valence-electron chi connectivity index (χ4n) is 9.37. The molecule has 0 heterocycles. The first-order valence-corrected chi connectivity index (χ1v) is 33.2. The number of rotatable bonds is 60. The van der Waals surface area contributed by atoms with Crippen molar-refractivity contribution in [3.8, 4) is 0 Å². The normalized spacial score (nSPS) is 12.7. The molecule has 6 heteroatoms. The second-order valence-electron chi connectivity index (χ2n) is 22.0. The lowest BCUT2D eigenvalue weighted by Crippen LogP contribution is -2.30. The van der Waals surface area contributed by atoms with E-state index in [9.17, 15) is 14.4 Å². The van der Waals surface area contributed by atoms with Gasteiger partial charge in [-0.2, -0.15) is 0 Å². The van der Waals surface area contributed by atoms with E-state index in [1.807, 2.05) is 0 Å². The van der Waals surface area contributed by atoms with Gasteiger partial charge in [-0.25, -0.2) is 0 Å². The first-order valence-electron chi connectivity index (χ1n) is 33.2. The molecule has 0 rings (SSSR count). The summed E-state index contributed by atoms with van der Waals surface area (Å²) in [5, 5.41) is 0. The number of hydrogen-bond donors (Lipinski definition) is 0. The van der Waals surface area contributed by atoms with Gasteiger partial charge in [0.15, 0.2) is 6.10 Å². The summed E-state index contributed by atoms with van der Waals surface area (Å²) >= 11 is 0. The van der Waals surface area contributed by atoms with E-state index in [1.54, 1.807) is 0 Å². The van der Waals surface area contributed by atoms with E-state index < -0.39 is 6.10 Å². The molecule has 1 unspecified atom stereocenters. The Morgan fingerprint density at radius 1 is 0.269 bits per heavy atom. The molecule has 0 aliphatic carbocycles. The second kappa shape index (κ2) is 65.8. The molecule has 0 aliphatic heterocycles. The van der Waals surface area contributed by atoms with Gasteiger partial charge in [0.1, 0.15) is 13.2 Å². The zero-order valence-corrected chi connectivity index (χ0v) is 51.4. The van der Waals surface area contributed by atoms with E-state index in [4.69, 9.17) is 14.2 Å². The van der Waals surface area contributed by atoms with E-state index in [2.05, 4.69) is 118 Å². The van der Waals surface area contributed by atoms with E-state index in [1.165, 1.54) is 186 Å². The lowest BCUT2D eigenvalue weighted by Gasteiger charge is -2.18. The SMILES string of the molecule is CC/C=C\C/C=C\C/C=C\C/C=C\C/C=C\C/C=C\C/C=C\CCCC(=O)OC(COC(=O)CCCCCCCC)COC(=O)CCCCCCCCCCCCCCCCCCCCC/C=C\CCCCCCCCCC. The van der Waals surface area contributed by atoms with E-state index in [-0.39, 0.29) is 37.5 Å². The van der Waals surface area contributed by atoms with Crippen LogP contribution in [0.2, 0.25) is 0 Å². The number of unbranched alkanes of at least 4 members (excludes halogenated alkanes) is 33. The van der Waals surface area contributed by atoms with E-state index in [0.717, 1.165) is 89.9 Å². The Morgan fingerprint density at radius 3 is 0.833 bits per heavy atom. The minimum Gasteiger partial charge on any atom is -0.462 e. The number of ether oxygens (including phenoxy) is 3. The molecular weight excluding hydrogens is 961 g/mol. The molecule has 6 nitrogen and oxygen atoms in total. The molecule has 1 atom stereocenters. The van der Waals surface area contributed by atoms with Gasteiger partial charge in [-0.05, 0) is 96.3 Å². The Kier molecular flexibility index (Phi) is 62.7. The monoisotopic (exact) mass is 1080 g/mol. The quantitative estimate of drug-likeness (QED) is 0.0261. The van der Waals surface area contributed by atoms with Gasteiger partial charge in [0.25, 0.3) is 0 Å². The summed E-state index contributed by atoms with van der Waals surface area (Å²) in [7, 11) is 0. The molecule has 0 spiro atoms. The summed E-state index contributed by atoms with van der Waals surface area (Å²) in [5.74, 6) is -0.960. The third-order valence-corrected chi connectivity index (χ3v) is 14.3. The second-order valence-corrected chi connectivity index (χ2v) is 22.0. The standard InChI is InChI=1S/C72H124O6/c1-4-7-10-13-16-18-20-22-24-26-28-30-32-33-34-35-36-37-38-39-41-42-44-46-48-50-52-54-56-59-62-65-71(74)77-68-69(67-76-70(73)64-61-58-15-12-9-6-3)78-72(75)66-63-60-57-55-53-51-49-47-45-43-40-31-29-27-25-23-21-19-17-14-11-8-5-2/h8,11,17,19,23,25-26,28-29,31,43,45,49,51,55,57,69H,4-7,9-10,12-16,18,20-22,24,27,30,32-42,44,46-48,50,52-54,56,58-68H2,1-3H3/b11-8-,19-17-,25-23-,28-26-,31-29-,45-43-,51-49-,57-55-. The van der Waals surface area contributed by atoms with Crippen LogP contribution in [0.15, 0.2) is 97.2 Å². The average Bonchev–Trinajstić information content (AvgIpc) is 3.44. The molecular formula is C72H124O6. The van der Waals surface area contributed by atoms with Gasteiger partial charge in [0.2, 0.25) is 0 Å². The van der Waals surface area contributed by atoms with Crippen LogP contribution in [-0.4, -0.2) is 37.2 Å². The Balaban J connectivity index is 4.09. The van der Waals surface area contributed by atoms with Gasteiger partial charge in [-0.15, -0.1) is 0 Å². The highest BCUT2D eigenvalue weighted by molar-refractivity contribution is 5.71. The zero-order chi connectivity index (χ0) is 56.4. The Bertz CT molecular complexity index is 1530. The summed E-state index contributed by atoms with van der Waals surface area (Å²) in [4.78, 5) is 38.0. The molecule has 0 N–H and O–H groups in total. The molecule has 0 aromatic carbocycles. The highest BCUT2D eigenvalue weighted by Crippen LogP contribution is 2.17. The van der Waals surface area contributed by atoms with E-state index >= 15 is 0 Å². The molecule has 0 aromatic rings. The van der Waals surface area contributed by atoms with Gasteiger partial charge in [-0.1, -0.05) is 304 Å². The van der Waals surface area contributed by atoms with Crippen LogP contribution in [0, 0.1) is 0 Å². The highest BCUT2D eigenvalue weighted by atomic mass is 16.6. The number of carbonyl (C=O) groups excluding carboxylic acids is 3. The molecule has 0 amide bonds. The summed E-state index contributed by atoms with van der Waals surface area (Å²) in [6.45, 7) is 6.44. The first-order chi connectivity index (χ1) is 38.5. The molecule has 0 aliphatic rings. The topological polar surface area (TPSA) is 78.9 Å². The maximum absolute atomic E-state index is 12.8. The lowest BCUT2D eigenvalue weighted by atomic mass is 10.0. The molecule has 0 fully saturated rings. The minimum atomic E-state index is -0.805. The number of carbonyl (C=O) groups is 3. The highest BCUT2D eigenvalue weighted by Gasteiger charge is 2.19. The number of allylic oxidation sites excluding steroid dienone is 16. The van der Waals surface area contributed by atoms with E-state index in [0.29, 0.717) is 19.3 Å². The minimum absolute atomic E-state index is 0.0984. The first kappa shape index (κ1) is 74.3. The number of esters is 3. The van der Waals surface area contributed by atoms with Crippen molar-refractivity contribution in [1.29, 1.82) is 0 Å². The van der Waals surface area contributed by atoms with Crippen molar-refractivity contribution in [2.24, 2.45) is 0 Å².